The number of benzene rings is 2. The summed E-state index contributed by atoms with van der Waals surface area (Å²) in [6, 6.07) is 12.7. The molecule has 0 aliphatic rings. The molecular formula is C17H18O3. The standard InChI is InChI=1S/C17H18O3/c1-4-19-15-8-6-14(7-9-15)17(18)20-16-10-5-12(2)11-13(16)3/h5-11H,4H2,1-3H3. The van der Waals surface area contributed by atoms with Gasteiger partial charge in [-0.2, -0.15) is 0 Å². The summed E-state index contributed by atoms with van der Waals surface area (Å²) in [6.07, 6.45) is 0. The Morgan fingerprint density at radius 1 is 1.05 bits per heavy atom. The minimum atomic E-state index is -0.361. The summed E-state index contributed by atoms with van der Waals surface area (Å²) in [6.45, 7) is 6.45. The second-order valence-corrected chi connectivity index (χ2v) is 4.62. The fourth-order valence-electron chi connectivity index (χ4n) is 1.93. The van der Waals surface area contributed by atoms with Gasteiger partial charge in [-0.25, -0.2) is 4.79 Å². The van der Waals surface area contributed by atoms with Crippen LogP contribution in [0.5, 0.6) is 11.5 Å². The third kappa shape index (κ3) is 3.38. The lowest BCUT2D eigenvalue weighted by molar-refractivity contribution is 0.0733. The summed E-state index contributed by atoms with van der Waals surface area (Å²) in [4.78, 5) is 12.1. The van der Waals surface area contributed by atoms with Gasteiger partial charge in [0.1, 0.15) is 11.5 Å². The van der Waals surface area contributed by atoms with E-state index >= 15 is 0 Å². The Kier molecular flexibility index (Phi) is 4.41. The van der Waals surface area contributed by atoms with Gasteiger partial charge >= 0.3 is 5.97 Å². The molecule has 0 aliphatic heterocycles. The Labute approximate surface area is 119 Å². The number of rotatable bonds is 4. The molecule has 2 aromatic rings. The highest BCUT2D eigenvalue weighted by Gasteiger charge is 2.10. The number of hydrogen-bond acceptors (Lipinski definition) is 3. The number of ether oxygens (including phenoxy) is 2. The quantitative estimate of drug-likeness (QED) is 0.624. The van der Waals surface area contributed by atoms with Gasteiger partial charge in [0, 0.05) is 0 Å². The minimum absolute atomic E-state index is 0.361. The van der Waals surface area contributed by atoms with Crippen molar-refractivity contribution in [1.29, 1.82) is 0 Å². The monoisotopic (exact) mass is 270 g/mol. The number of aryl methyl sites for hydroxylation is 2. The highest BCUT2D eigenvalue weighted by Crippen LogP contribution is 2.20. The predicted octanol–water partition coefficient (Wildman–Crippen LogP) is 3.92. The Morgan fingerprint density at radius 2 is 1.75 bits per heavy atom. The predicted molar refractivity (Wildman–Crippen MR) is 78.5 cm³/mol. The molecule has 0 radical (unpaired) electrons. The van der Waals surface area contributed by atoms with E-state index in [0.717, 1.165) is 16.9 Å². The smallest absolute Gasteiger partial charge is 0.343 e. The summed E-state index contributed by atoms with van der Waals surface area (Å²) in [5.41, 5.74) is 2.60. The van der Waals surface area contributed by atoms with Gasteiger partial charge in [0.15, 0.2) is 0 Å². The lowest BCUT2D eigenvalue weighted by Crippen LogP contribution is -2.09. The van der Waals surface area contributed by atoms with Crippen molar-refractivity contribution in [3.05, 3.63) is 59.2 Å². The van der Waals surface area contributed by atoms with Gasteiger partial charge in [-0.3, -0.25) is 0 Å². The number of hydrogen-bond donors (Lipinski definition) is 0. The Balaban J connectivity index is 2.11. The summed E-state index contributed by atoms with van der Waals surface area (Å²) >= 11 is 0. The van der Waals surface area contributed by atoms with Crippen molar-refractivity contribution in [2.45, 2.75) is 20.8 Å². The van der Waals surface area contributed by atoms with Crippen LogP contribution in [0, 0.1) is 13.8 Å². The van der Waals surface area contributed by atoms with Gasteiger partial charge in [-0.15, -0.1) is 0 Å². The van der Waals surface area contributed by atoms with Crippen LogP contribution in [0.3, 0.4) is 0 Å². The molecule has 0 saturated heterocycles. The Bertz CT molecular complexity index is 600. The SMILES string of the molecule is CCOc1ccc(C(=O)Oc2ccc(C)cc2C)cc1. The van der Waals surface area contributed by atoms with Gasteiger partial charge in [0.2, 0.25) is 0 Å². The van der Waals surface area contributed by atoms with Crippen LogP contribution in [-0.4, -0.2) is 12.6 Å². The van der Waals surface area contributed by atoms with E-state index < -0.39 is 0 Å². The fraction of sp³-hybridized carbons (Fsp3) is 0.235. The maximum absolute atomic E-state index is 12.1. The van der Waals surface area contributed by atoms with E-state index in [-0.39, 0.29) is 5.97 Å². The van der Waals surface area contributed by atoms with Crippen molar-refractivity contribution in [3.8, 4) is 11.5 Å². The van der Waals surface area contributed by atoms with E-state index in [1.165, 1.54) is 0 Å². The average molecular weight is 270 g/mol. The Hall–Kier alpha value is -2.29. The molecule has 0 heterocycles. The number of esters is 1. The summed E-state index contributed by atoms with van der Waals surface area (Å²) in [5, 5.41) is 0. The highest BCUT2D eigenvalue weighted by molar-refractivity contribution is 5.91. The summed E-state index contributed by atoms with van der Waals surface area (Å²) in [5.74, 6) is 0.977. The van der Waals surface area contributed by atoms with Gasteiger partial charge in [-0.1, -0.05) is 17.7 Å². The molecule has 2 aromatic carbocycles. The average Bonchev–Trinajstić information content (AvgIpc) is 2.43. The number of carbonyl (C=O) groups is 1. The van der Waals surface area contributed by atoms with Gasteiger partial charge in [0.05, 0.1) is 12.2 Å². The molecule has 0 aliphatic carbocycles. The molecule has 0 N–H and O–H groups in total. The first-order valence-electron chi connectivity index (χ1n) is 6.62. The van der Waals surface area contributed by atoms with Crippen LogP contribution in [0.15, 0.2) is 42.5 Å². The second kappa shape index (κ2) is 6.24. The minimum Gasteiger partial charge on any atom is -0.494 e. The fourth-order valence-corrected chi connectivity index (χ4v) is 1.93. The molecule has 3 heteroatoms. The van der Waals surface area contributed by atoms with Crippen molar-refractivity contribution >= 4 is 5.97 Å². The maximum atomic E-state index is 12.1. The van der Waals surface area contributed by atoms with E-state index in [1.54, 1.807) is 24.3 Å². The highest BCUT2D eigenvalue weighted by atomic mass is 16.5. The van der Waals surface area contributed by atoms with Crippen LogP contribution in [0.4, 0.5) is 0 Å². The maximum Gasteiger partial charge on any atom is 0.343 e. The van der Waals surface area contributed by atoms with E-state index in [1.807, 2.05) is 39.0 Å². The number of carbonyl (C=O) groups excluding carboxylic acids is 1. The van der Waals surface area contributed by atoms with Gasteiger partial charge in [0.25, 0.3) is 0 Å². The first kappa shape index (κ1) is 14.1. The van der Waals surface area contributed by atoms with E-state index in [0.29, 0.717) is 17.9 Å². The lowest BCUT2D eigenvalue weighted by atomic mass is 10.1. The van der Waals surface area contributed by atoms with E-state index in [9.17, 15) is 4.79 Å². The van der Waals surface area contributed by atoms with E-state index in [4.69, 9.17) is 9.47 Å². The molecular weight excluding hydrogens is 252 g/mol. The summed E-state index contributed by atoms with van der Waals surface area (Å²) in [7, 11) is 0. The molecule has 0 spiro atoms. The molecule has 20 heavy (non-hydrogen) atoms. The lowest BCUT2D eigenvalue weighted by Gasteiger charge is -2.08. The zero-order valence-electron chi connectivity index (χ0n) is 12.0. The largest absolute Gasteiger partial charge is 0.494 e. The van der Waals surface area contributed by atoms with Crippen molar-refractivity contribution < 1.29 is 14.3 Å². The zero-order chi connectivity index (χ0) is 14.5. The molecule has 0 amide bonds. The first-order valence-corrected chi connectivity index (χ1v) is 6.62. The molecule has 0 atom stereocenters. The Morgan fingerprint density at radius 3 is 2.35 bits per heavy atom. The van der Waals surface area contributed by atoms with E-state index in [2.05, 4.69) is 0 Å². The molecule has 0 unspecified atom stereocenters. The molecule has 0 saturated carbocycles. The van der Waals surface area contributed by atoms with Crippen LogP contribution in [0.1, 0.15) is 28.4 Å². The summed E-state index contributed by atoms with van der Waals surface area (Å²) < 4.78 is 10.7. The van der Waals surface area contributed by atoms with Crippen LogP contribution < -0.4 is 9.47 Å². The second-order valence-electron chi connectivity index (χ2n) is 4.62. The normalized spacial score (nSPS) is 10.2. The molecule has 0 aromatic heterocycles. The molecule has 0 fully saturated rings. The molecule has 0 bridgehead atoms. The van der Waals surface area contributed by atoms with Crippen LogP contribution in [0.25, 0.3) is 0 Å². The molecule has 3 nitrogen and oxygen atoms in total. The van der Waals surface area contributed by atoms with Crippen LogP contribution in [-0.2, 0) is 0 Å². The topological polar surface area (TPSA) is 35.5 Å². The van der Waals surface area contributed by atoms with Gasteiger partial charge in [-0.05, 0) is 56.7 Å². The molecule has 104 valence electrons. The van der Waals surface area contributed by atoms with Crippen molar-refractivity contribution in [3.63, 3.8) is 0 Å². The van der Waals surface area contributed by atoms with Gasteiger partial charge < -0.3 is 9.47 Å². The zero-order valence-corrected chi connectivity index (χ0v) is 12.0. The van der Waals surface area contributed by atoms with Crippen LogP contribution >= 0.6 is 0 Å². The van der Waals surface area contributed by atoms with Crippen molar-refractivity contribution in [1.82, 2.24) is 0 Å². The van der Waals surface area contributed by atoms with Crippen LogP contribution in [0.2, 0.25) is 0 Å². The van der Waals surface area contributed by atoms with Crippen molar-refractivity contribution in [2.24, 2.45) is 0 Å². The van der Waals surface area contributed by atoms with Crippen molar-refractivity contribution in [2.75, 3.05) is 6.61 Å². The third-order valence-corrected chi connectivity index (χ3v) is 2.93. The molecule has 2 rings (SSSR count). The first-order chi connectivity index (χ1) is 9.60. The third-order valence-electron chi connectivity index (χ3n) is 2.93.